The third-order valence-corrected chi connectivity index (χ3v) is 5.54. The molecule has 0 unspecified atom stereocenters. The summed E-state index contributed by atoms with van der Waals surface area (Å²) in [5.41, 5.74) is 1.90. The van der Waals surface area contributed by atoms with Crippen LogP contribution >= 0.6 is 0 Å². The summed E-state index contributed by atoms with van der Waals surface area (Å²) in [6.07, 6.45) is 5.17. The Morgan fingerprint density at radius 1 is 1.11 bits per heavy atom. The van der Waals surface area contributed by atoms with E-state index in [2.05, 4.69) is 20.3 Å². The number of amides is 1. The van der Waals surface area contributed by atoms with Crippen LogP contribution in [0.3, 0.4) is 0 Å². The molecule has 180 valence electrons. The highest BCUT2D eigenvalue weighted by atomic mass is 19.1. The Balaban J connectivity index is 1.38. The maximum Gasteiger partial charge on any atom is 0.256 e. The van der Waals surface area contributed by atoms with Crippen molar-refractivity contribution in [1.29, 1.82) is 0 Å². The van der Waals surface area contributed by atoms with Crippen LogP contribution in [0.15, 0.2) is 55.0 Å². The first-order chi connectivity index (χ1) is 17.0. The van der Waals surface area contributed by atoms with Crippen molar-refractivity contribution in [2.75, 3.05) is 31.6 Å². The van der Waals surface area contributed by atoms with Crippen molar-refractivity contribution in [1.82, 2.24) is 24.4 Å². The van der Waals surface area contributed by atoms with Gasteiger partial charge in [0, 0.05) is 42.6 Å². The second-order valence-electron chi connectivity index (χ2n) is 8.40. The Kier molecular flexibility index (Phi) is 6.28. The fraction of sp³-hybridized carbons (Fsp3) is 0.280. The molecule has 35 heavy (non-hydrogen) atoms. The molecule has 4 heterocycles. The molecule has 0 atom stereocenters. The lowest BCUT2D eigenvalue weighted by molar-refractivity contribution is 0.0300. The van der Waals surface area contributed by atoms with E-state index >= 15 is 0 Å². The van der Waals surface area contributed by atoms with Gasteiger partial charge in [0.1, 0.15) is 11.5 Å². The van der Waals surface area contributed by atoms with Crippen LogP contribution in [-0.4, -0.2) is 62.7 Å². The Morgan fingerprint density at radius 2 is 1.94 bits per heavy atom. The number of carbonyl (C=O) groups excluding carboxylic acids is 1. The van der Waals surface area contributed by atoms with Gasteiger partial charge in [0.15, 0.2) is 0 Å². The molecule has 9 nitrogen and oxygen atoms in total. The number of rotatable bonds is 6. The van der Waals surface area contributed by atoms with E-state index in [9.17, 15) is 9.18 Å². The lowest BCUT2D eigenvalue weighted by Crippen LogP contribution is -2.41. The molecular weight excluding hydrogens is 451 g/mol. The number of pyridine rings is 1. The molecule has 4 aromatic rings. The van der Waals surface area contributed by atoms with Gasteiger partial charge in [0.2, 0.25) is 11.8 Å². The smallest absolute Gasteiger partial charge is 0.256 e. The fourth-order valence-electron chi connectivity index (χ4n) is 3.85. The number of carbonyl (C=O) groups is 1. The summed E-state index contributed by atoms with van der Waals surface area (Å²) < 4.78 is 27.6. The van der Waals surface area contributed by atoms with Crippen molar-refractivity contribution in [3.05, 3.63) is 66.4 Å². The van der Waals surface area contributed by atoms with Crippen LogP contribution < -0.4 is 10.1 Å². The Labute approximate surface area is 201 Å². The molecule has 1 N–H and O–H groups in total. The topological polar surface area (TPSA) is 94.4 Å². The Morgan fingerprint density at radius 3 is 2.66 bits per heavy atom. The van der Waals surface area contributed by atoms with Crippen LogP contribution in [0.25, 0.3) is 16.7 Å². The van der Waals surface area contributed by atoms with Crippen molar-refractivity contribution in [3.8, 4) is 11.6 Å². The van der Waals surface area contributed by atoms with Gasteiger partial charge in [-0.1, -0.05) is 0 Å². The molecule has 10 heteroatoms. The van der Waals surface area contributed by atoms with Gasteiger partial charge in [-0.3, -0.25) is 4.79 Å². The zero-order chi connectivity index (χ0) is 24.4. The van der Waals surface area contributed by atoms with E-state index in [1.165, 1.54) is 12.1 Å². The van der Waals surface area contributed by atoms with Gasteiger partial charge in [-0.2, -0.15) is 4.98 Å². The maximum atomic E-state index is 15.0. The molecule has 0 spiro atoms. The lowest BCUT2D eigenvalue weighted by atomic mass is 10.1. The minimum atomic E-state index is -0.581. The number of morpholine rings is 1. The van der Waals surface area contributed by atoms with E-state index in [-0.39, 0.29) is 17.6 Å². The van der Waals surface area contributed by atoms with Crippen molar-refractivity contribution in [3.63, 3.8) is 0 Å². The number of fused-ring (bicyclic) bond motifs is 1. The highest BCUT2D eigenvalue weighted by Gasteiger charge is 2.22. The van der Waals surface area contributed by atoms with E-state index in [1.54, 1.807) is 40.2 Å². The van der Waals surface area contributed by atoms with Gasteiger partial charge in [-0.05, 0) is 44.2 Å². The molecule has 0 saturated carbocycles. The number of ether oxygens (including phenoxy) is 2. The second-order valence-corrected chi connectivity index (χ2v) is 8.40. The van der Waals surface area contributed by atoms with Gasteiger partial charge < -0.3 is 24.3 Å². The highest BCUT2D eigenvalue weighted by Crippen LogP contribution is 2.23. The quantitative estimate of drug-likeness (QED) is 0.450. The molecule has 5 rings (SSSR count). The van der Waals surface area contributed by atoms with Gasteiger partial charge >= 0.3 is 0 Å². The standard InChI is InChI=1S/C25H25FN6O3/c1-16(2)35-22-6-3-18(15-27-22)29-25-28-14-17-7-8-32(23(17)30-25)19-4-5-20(21(26)13-19)24(33)31-9-11-34-12-10-31/h3-8,13-16H,9-12H2,1-2H3,(H,28,29,30). The monoisotopic (exact) mass is 476 g/mol. The molecule has 3 aromatic heterocycles. The molecule has 1 saturated heterocycles. The lowest BCUT2D eigenvalue weighted by Gasteiger charge is -2.27. The van der Waals surface area contributed by atoms with Gasteiger partial charge in [-0.15, -0.1) is 0 Å². The van der Waals surface area contributed by atoms with Gasteiger partial charge in [-0.25, -0.2) is 14.4 Å². The van der Waals surface area contributed by atoms with Crippen molar-refractivity contribution < 1.29 is 18.7 Å². The van der Waals surface area contributed by atoms with E-state index in [4.69, 9.17) is 9.47 Å². The molecule has 1 aliphatic rings. The second kappa shape index (κ2) is 9.67. The number of anilines is 2. The maximum absolute atomic E-state index is 15.0. The number of aromatic nitrogens is 4. The van der Waals surface area contributed by atoms with E-state index < -0.39 is 5.82 Å². The number of halogens is 1. The van der Waals surface area contributed by atoms with Crippen LogP contribution in [0.2, 0.25) is 0 Å². The summed E-state index contributed by atoms with van der Waals surface area (Å²) in [4.78, 5) is 27.5. The first-order valence-electron chi connectivity index (χ1n) is 11.4. The molecule has 1 amide bonds. The normalized spacial score (nSPS) is 13.9. The van der Waals surface area contributed by atoms with Crippen LogP contribution in [0.5, 0.6) is 5.88 Å². The van der Waals surface area contributed by atoms with Gasteiger partial charge in [0.05, 0.1) is 36.8 Å². The highest BCUT2D eigenvalue weighted by molar-refractivity contribution is 5.95. The average molecular weight is 477 g/mol. The summed E-state index contributed by atoms with van der Waals surface area (Å²) in [6.45, 7) is 5.71. The van der Waals surface area contributed by atoms with Crippen LogP contribution in [-0.2, 0) is 4.74 Å². The number of hydrogen-bond acceptors (Lipinski definition) is 7. The van der Waals surface area contributed by atoms with E-state index in [0.29, 0.717) is 55.2 Å². The number of nitrogens with one attached hydrogen (secondary N) is 1. The van der Waals surface area contributed by atoms with Crippen LogP contribution in [0, 0.1) is 5.82 Å². The zero-order valence-electron chi connectivity index (χ0n) is 19.4. The zero-order valence-corrected chi connectivity index (χ0v) is 19.4. The first-order valence-corrected chi connectivity index (χ1v) is 11.4. The third-order valence-electron chi connectivity index (χ3n) is 5.54. The summed E-state index contributed by atoms with van der Waals surface area (Å²) in [7, 11) is 0. The van der Waals surface area contributed by atoms with Crippen molar-refractivity contribution in [2.24, 2.45) is 0 Å². The fourth-order valence-corrected chi connectivity index (χ4v) is 3.85. The Hall–Kier alpha value is -4.05. The summed E-state index contributed by atoms with van der Waals surface area (Å²) in [6, 6.07) is 10.0. The van der Waals surface area contributed by atoms with Crippen molar-refractivity contribution >= 4 is 28.6 Å². The predicted octanol–water partition coefficient (Wildman–Crippen LogP) is 3.96. The SMILES string of the molecule is CC(C)Oc1ccc(Nc2ncc3ccn(-c4ccc(C(=O)N5CCOCC5)c(F)c4)c3n2)cn1. The summed E-state index contributed by atoms with van der Waals surface area (Å²) in [5.74, 6) is -0.00490. The van der Waals surface area contributed by atoms with Crippen LogP contribution in [0.4, 0.5) is 16.0 Å². The van der Waals surface area contributed by atoms with Crippen LogP contribution in [0.1, 0.15) is 24.2 Å². The number of nitrogens with zero attached hydrogens (tertiary/aromatic N) is 5. The average Bonchev–Trinajstić information content (AvgIpc) is 3.28. The minimum Gasteiger partial charge on any atom is -0.475 e. The molecule has 0 aliphatic carbocycles. The number of benzene rings is 1. The van der Waals surface area contributed by atoms with E-state index in [1.807, 2.05) is 26.0 Å². The summed E-state index contributed by atoms with van der Waals surface area (Å²) >= 11 is 0. The summed E-state index contributed by atoms with van der Waals surface area (Å²) in [5, 5.41) is 3.92. The predicted molar refractivity (Wildman–Crippen MR) is 129 cm³/mol. The van der Waals surface area contributed by atoms with E-state index in [0.717, 1.165) is 5.39 Å². The first kappa shape index (κ1) is 22.7. The van der Waals surface area contributed by atoms with Gasteiger partial charge in [0.25, 0.3) is 5.91 Å². The largest absolute Gasteiger partial charge is 0.475 e. The molecular formula is C25H25FN6O3. The Bertz CT molecular complexity index is 1350. The molecule has 0 bridgehead atoms. The minimum absolute atomic E-state index is 0.0382. The molecule has 1 aromatic carbocycles. The van der Waals surface area contributed by atoms with Crippen molar-refractivity contribution in [2.45, 2.75) is 20.0 Å². The molecule has 0 radical (unpaired) electrons. The molecule has 1 aliphatic heterocycles. The third kappa shape index (κ3) is 4.92. The molecule has 1 fully saturated rings. The number of hydrogen-bond donors (Lipinski definition) is 1.